The molecule has 0 saturated carbocycles. The predicted molar refractivity (Wildman–Crippen MR) is 101 cm³/mol. The van der Waals surface area contributed by atoms with E-state index in [1.54, 1.807) is 42.5 Å². The van der Waals surface area contributed by atoms with Gasteiger partial charge in [-0.05, 0) is 48.5 Å². The third kappa shape index (κ3) is 4.82. The van der Waals surface area contributed by atoms with Crippen LogP contribution in [-0.2, 0) is 0 Å². The maximum Gasteiger partial charge on any atom is 0.274 e. The SMILES string of the molecule is O=C(Nc1ccc(Cl)cc1)c1ccnc(Nc2cc(Cl)cc(Cl)c2)n1. The summed E-state index contributed by atoms with van der Waals surface area (Å²) in [6, 6.07) is 13.3. The van der Waals surface area contributed by atoms with E-state index in [-0.39, 0.29) is 17.5 Å². The summed E-state index contributed by atoms with van der Waals surface area (Å²) in [5.41, 5.74) is 1.44. The van der Waals surface area contributed by atoms with Gasteiger partial charge in [0, 0.05) is 32.6 Å². The van der Waals surface area contributed by atoms with Gasteiger partial charge in [-0.1, -0.05) is 34.8 Å². The van der Waals surface area contributed by atoms with Gasteiger partial charge in [0.05, 0.1) is 0 Å². The minimum absolute atomic E-state index is 0.209. The van der Waals surface area contributed by atoms with Crippen molar-refractivity contribution in [3.63, 3.8) is 0 Å². The molecule has 0 saturated heterocycles. The highest BCUT2D eigenvalue weighted by Crippen LogP contribution is 2.24. The summed E-state index contributed by atoms with van der Waals surface area (Å²) >= 11 is 17.7. The Hall–Kier alpha value is -2.34. The molecule has 0 aliphatic carbocycles. The quantitative estimate of drug-likeness (QED) is 0.620. The first-order valence-corrected chi connectivity index (χ1v) is 8.26. The van der Waals surface area contributed by atoms with Crippen molar-refractivity contribution in [3.8, 4) is 0 Å². The number of hydrogen-bond donors (Lipinski definition) is 2. The predicted octanol–water partition coefficient (Wildman–Crippen LogP) is 5.43. The minimum atomic E-state index is -0.364. The molecule has 0 radical (unpaired) electrons. The number of anilines is 3. The molecule has 25 heavy (non-hydrogen) atoms. The van der Waals surface area contributed by atoms with Crippen molar-refractivity contribution in [1.29, 1.82) is 0 Å². The van der Waals surface area contributed by atoms with Crippen molar-refractivity contribution in [3.05, 3.63) is 75.5 Å². The Labute approximate surface area is 159 Å². The summed E-state index contributed by atoms with van der Waals surface area (Å²) < 4.78 is 0. The molecule has 0 aliphatic heterocycles. The summed E-state index contributed by atoms with van der Waals surface area (Å²) in [5.74, 6) is -0.112. The molecule has 1 aromatic heterocycles. The van der Waals surface area contributed by atoms with Crippen LogP contribution in [0.15, 0.2) is 54.7 Å². The first-order valence-electron chi connectivity index (χ1n) is 7.13. The highest BCUT2D eigenvalue weighted by Gasteiger charge is 2.10. The second-order valence-corrected chi connectivity index (χ2v) is 6.32. The number of aromatic nitrogens is 2. The van der Waals surface area contributed by atoms with Gasteiger partial charge in [0.25, 0.3) is 5.91 Å². The van der Waals surface area contributed by atoms with Crippen molar-refractivity contribution in [2.24, 2.45) is 0 Å². The molecule has 1 amide bonds. The fraction of sp³-hybridized carbons (Fsp3) is 0. The molecule has 1 heterocycles. The van der Waals surface area contributed by atoms with Crippen molar-refractivity contribution in [2.45, 2.75) is 0 Å². The lowest BCUT2D eigenvalue weighted by molar-refractivity contribution is 0.102. The highest BCUT2D eigenvalue weighted by atomic mass is 35.5. The molecule has 2 aromatic carbocycles. The third-order valence-corrected chi connectivity index (χ3v) is 3.80. The van der Waals surface area contributed by atoms with Gasteiger partial charge in [0.2, 0.25) is 5.95 Å². The lowest BCUT2D eigenvalue weighted by atomic mass is 10.3. The zero-order valence-corrected chi connectivity index (χ0v) is 14.9. The monoisotopic (exact) mass is 392 g/mol. The Kier molecular flexibility index (Phi) is 5.38. The Balaban J connectivity index is 1.76. The van der Waals surface area contributed by atoms with Gasteiger partial charge >= 0.3 is 0 Å². The van der Waals surface area contributed by atoms with E-state index in [1.807, 2.05) is 0 Å². The maximum absolute atomic E-state index is 12.3. The number of carbonyl (C=O) groups excluding carboxylic acids is 1. The number of hydrogen-bond acceptors (Lipinski definition) is 4. The van der Waals surface area contributed by atoms with Crippen LogP contribution in [0.5, 0.6) is 0 Å². The molecule has 0 atom stereocenters. The molecule has 0 fully saturated rings. The molecule has 2 N–H and O–H groups in total. The number of halogens is 3. The molecule has 3 rings (SSSR count). The second-order valence-electron chi connectivity index (χ2n) is 5.01. The van der Waals surface area contributed by atoms with Gasteiger partial charge in [-0.2, -0.15) is 0 Å². The summed E-state index contributed by atoms with van der Waals surface area (Å²) in [4.78, 5) is 20.6. The molecule has 5 nitrogen and oxygen atoms in total. The van der Waals surface area contributed by atoms with E-state index in [0.29, 0.717) is 26.4 Å². The van der Waals surface area contributed by atoms with Crippen LogP contribution in [0.1, 0.15) is 10.5 Å². The Bertz CT molecular complexity index is 896. The topological polar surface area (TPSA) is 66.9 Å². The smallest absolute Gasteiger partial charge is 0.274 e. The number of carbonyl (C=O) groups is 1. The van der Waals surface area contributed by atoms with Gasteiger partial charge in [-0.3, -0.25) is 4.79 Å². The first kappa shape index (κ1) is 17.5. The van der Waals surface area contributed by atoms with Crippen molar-refractivity contribution >= 4 is 58.0 Å². The Morgan fingerprint density at radius 3 is 2.20 bits per heavy atom. The number of nitrogens with one attached hydrogen (secondary N) is 2. The summed E-state index contributed by atoms with van der Waals surface area (Å²) in [7, 11) is 0. The van der Waals surface area contributed by atoms with Gasteiger partial charge in [0.1, 0.15) is 5.69 Å². The van der Waals surface area contributed by atoms with Crippen LogP contribution in [0.3, 0.4) is 0 Å². The van der Waals surface area contributed by atoms with Crippen LogP contribution in [0.4, 0.5) is 17.3 Å². The van der Waals surface area contributed by atoms with Crippen LogP contribution in [0, 0.1) is 0 Å². The van der Waals surface area contributed by atoms with Crippen LogP contribution in [-0.4, -0.2) is 15.9 Å². The molecule has 0 spiro atoms. The van der Waals surface area contributed by atoms with Crippen LogP contribution >= 0.6 is 34.8 Å². The van der Waals surface area contributed by atoms with E-state index >= 15 is 0 Å². The average Bonchev–Trinajstić information content (AvgIpc) is 2.56. The lowest BCUT2D eigenvalue weighted by Gasteiger charge is -2.08. The Morgan fingerprint density at radius 1 is 0.840 bits per heavy atom. The fourth-order valence-electron chi connectivity index (χ4n) is 2.03. The van der Waals surface area contributed by atoms with Crippen molar-refractivity contribution in [1.82, 2.24) is 9.97 Å². The summed E-state index contributed by atoms with van der Waals surface area (Å²) in [5, 5.41) is 7.25. The standard InChI is InChI=1S/C17H11Cl3N4O/c18-10-1-3-13(4-2-10)22-16(25)15-5-6-21-17(24-15)23-14-8-11(19)7-12(20)9-14/h1-9H,(H,22,25)(H,21,23,24). The van der Waals surface area contributed by atoms with Gasteiger partial charge < -0.3 is 10.6 Å². The third-order valence-electron chi connectivity index (χ3n) is 3.11. The van der Waals surface area contributed by atoms with E-state index in [0.717, 1.165) is 0 Å². The van der Waals surface area contributed by atoms with E-state index in [4.69, 9.17) is 34.8 Å². The minimum Gasteiger partial charge on any atom is -0.324 e. The summed E-state index contributed by atoms with van der Waals surface area (Å²) in [6.45, 7) is 0. The fourth-order valence-corrected chi connectivity index (χ4v) is 2.68. The molecule has 0 aliphatic rings. The molecular formula is C17H11Cl3N4O. The normalized spacial score (nSPS) is 10.4. The number of rotatable bonds is 4. The largest absolute Gasteiger partial charge is 0.324 e. The molecule has 3 aromatic rings. The lowest BCUT2D eigenvalue weighted by Crippen LogP contribution is -2.14. The number of amides is 1. The zero-order valence-electron chi connectivity index (χ0n) is 12.6. The maximum atomic E-state index is 12.3. The zero-order chi connectivity index (χ0) is 17.8. The molecule has 126 valence electrons. The van der Waals surface area contributed by atoms with Crippen LogP contribution < -0.4 is 10.6 Å². The van der Waals surface area contributed by atoms with Crippen molar-refractivity contribution in [2.75, 3.05) is 10.6 Å². The van der Waals surface area contributed by atoms with Crippen LogP contribution in [0.25, 0.3) is 0 Å². The number of benzene rings is 2. The van der Waals surface area contributed by atoms with Crippen LogP contribution in [0.2, 0.25) is 15.1 Å². The molecular weight excluding hydrogens is 383 g/mol. The van der Waals surface area contributed by atoms with E-state index in [9.17, 15) is 4.79 Å². The van der Waals surface area contributed by atoms with Crippen molar-refractivity contribution < 1.29 is 4.79 Å². The van der Waals surface area contributed by atoms with Gasteiger partial charge in [-0.25, -0.2) is 9.97 Å². The first-order chi connectivity index (χ1) is 12.0. The summed E-state index contributed by atoms with van der Waals surface area (Å²) in [6.07, 6.45) is 1.48. The molecule has 8 heteroatoms. The van der Waals surface area contributed by atoms with E-state index < -0.39 is 0 Å². The van der Waals surface area contributed by atoms with Gasteiger partial charge in [0.15, 0.2) is 0 Å². The van der Waals surface area contributed by atoms with E-state index in [1.165, 1.54) is 12.3 Å². The highest BCUT2D eigenvalue weighted by molar-refractivity contribution is 6.35. The number of nitrogens with zero attached hydrogens (tertiary/aromatic N) is 2. The second kappa shape index (κ2) is 7.70. The Morgan fingerprint density at radius 2 is 1.52 bits per heavy atom. The van der Waals surface area contributed by atoms with E-state index in [2.05, 4.69) is 20.6 Å². The van der Waals surface area contributed by atoms with Gasteiger partial charge in [-0.15, -0.1) is 0 Å². The molecule has 0 bridgehead atoms. The molecule has 0 unspecified atom stereocenters. The average molecular weight is 394 g/mol.